The molecule has 3 heteroatoms. The summed E-state index contributed by atoms with van der Waals surface area (Å²) in [7, 11) is 0. The van der Waals surface area contributed by atoms with E-state index in [0.29, 0.717) is 6.04 Å². The van der Waals surface area contributed by atoms with Crippen LogP contribution in [0.1, 0.15) is 31.4 Å². The largest absolute Gasteiger partial charge is 0.327 e. The zero-order chi connectivity index (χ0) is 9.10. The van der Waals surface area contributed by atoms with E-state index in [2.05, 4.69) is 10.4 Å². The second-order valence-corrected chi connectivity index (χ2v) is 4.61. The molecular weight excluding hydrogens is 180 g/mol. The van der Waals surface area contributed by atoms with Crippen molar-refractivity contribution in [2.75, 3.05) is 0 Å². The van der Waals surface area contributed by atoms with E-state index in [4.69, 9.17) is 5.73 Å². The van der Waals surface area contributed by atoms with Crippen LogP contribution in [0.5, 0.6) is 0 Å². The Kier molecular flexibility index (Phi) is 2.96. The molecule has 1 aliphatic rings. The SMILES string of the molecule is NC(Cc1cscn1)C1CCCC1. The highest BCUT2D eigenvalue weighted by molar-refractivity contribution is 7.07. The van der Waals surface area contributed by atoms with Crippen LogP contribution >= 0.6 is 11.3 Å². The second kappa shape index (κ2) is 4.20. The minimum atomic E-state index is 0.338. The fraction of sp³-hybridized carbons (Fsp3) is 0.700. The fourth-order valence-corrected chi connectivity index (χ4v) is 2.70. The zero-order valence-electron chi connectivity index (χ0n) is 7.78. The Balaban J connectivity index is 1.87. The first-order valence-corrected chi connectivity index (χ1v) is 5.93. The van der Waals surface area contributed by atoms with Gasteiger partial charge in [-0.3, -0.25) is 0 Å². The Labute approximate surface area is 83.2 Å². The summed E-state index contributed by atoms with van der Waals surface area (Å²) in [4.78, 5) is 4.27. The fourth-order valence-electron chi connectivity index (χ4n) is 2.13. The number of rotatable bonds is 3. The molecule has 2 N–H and O–H groups in total. The summed E-state index contributed by atoms with van der Waals surface area (Å²) < 4.78 is 0. The summed E-state index contributed by atoms with van der Waals surface area (Å²) in [5.41, 5.74) is 9.19. The van der Waals surface area contributed by atoms with Crippen LogP contribution < -0.4 is 5.73 Å². The smallest absolute Gasteiger partial charge is 0.0794 e. The van der Waals surface area contributed by atoms with Crippen molar-refractivity contribution in [3.05, 3.63) is 16.6 Å². The van der Waals surface area contributed by atoms with Crippen molar-refractivity contribution >= 4 is 11.3 Å². The van der Waals surface area contributed by atoms with Crippen molar-refractivity contribution in [3.8, 4) is 0 Å². The third-order valence-corrected chi connectivity index (χ3v) is 3.57. The predicted octanol–water partition coefficient (Wildman–Crippen LogP) is 2.20. The van der Waals surface area contributed by atoms with E-state index in [1.165, 1.54) is 31.4 Å². The first kappa shape index (κ1) is 9.16. The molecule has 0 aliphatic heterocycles. The van der Waals surface area contributed by atoms with E-state index in [1.807, 2.05) is 5.51 Å². The van der Waals surface area contributed by atoms with Gasteiger partial charge in [-0.05, 0) is 18.8 Å². The predicted molar refractivity (Wildman–Crippen MR) is 55.8 cm³/mol. The van der Waals surface area contributed by atoms with E-state index in [-0.39, 0.29) is 0 Å². The number of aromatic nitrogens is 1. The van der Waals surface area contributed by atoms with Gasteiger partial charge >= 0.3 is 0 Å². The molecule has 0 saturated heterocycles. The average molecular weight is 196 g/mol. The molecular formula is C10H16N2S. The Bertz CT molecular complexity index is 239. The van der Waals surface area contributed by atoms with Crippen LogP contribution in [0.3, 0.4) is 0 Å². The van der Waals surface area contributed by atoms with Crippen molar-refractivity contribution in [2.24, 2.45) is 11.7 Å². The second-order valence-electron chi connectivity index (χ2n) is 3.89. The maximum Gasteiger partial charge on any atom is 0.0794 e. The molecule has 0 aromatic carbocycles. The van der Waals surface area contributed by atoms with Crippen LogP contribution in [-0.2, 0) is 6.42 Å². The molecule has 1 aromatic rings. The Hall–Kier alpha value is -0.410. The first-order chi connectivity index (χ1) is 6.36. The molecule has 0 amide bonds. The van der Waals surface area contributed by atoms with Gasteiger partial charge in [0.15, 0.2) is 0 Å². The molecule has 1 aliphatic carbocycles. The minimum Gasteiger partial charge on any atom is -0.327 e. The van der Waals surface area contributed by atoms with Gasteiger partial charge < -0.3 is 5.73 Å². The molecule has 1 saturated carbocycles. The van der Waals surface area contributed by atoms with Gasteiger partial charge in [-0.2, -0.15) is 0 Å². The van der Waals surface area contributed by atoms with Gasteiger partial charge in [-0.1, -0.05) is 12.8 Å². The van der Waals surface area contributed by atoms with Crippen LogP contribution in [0, 0.1) is 5.92 Å². The lowest BCUT2D eigenvalue weighted by atomic mass is 9.95. The van der Waals surface area contributed by atoms with Gasteiger partial charge in [0.25, 0.3) is 0 Å². The molecule has 1 heterocycles. The lowest BCUT2D eigenvalue weighted by Crippen LogP contribution is -2.30. The molecule has 13 heavy (non-hydrogen) atoms. The molecule has 1 fully saturated rings. The number of nitrogens with zero attached hydrogens (tertiary/aromatic N) is 1. The molecule has 0 radical (unpaired) electrons. The Morgan fingerprint density at radius 1 is 1.54 bits per heavy atom. The van der Waals surface area contributed by atoms with Gasteiger partial charge in [-0.15, -0.1) is 11.3 Å². The van der Waals surface area contributed by atoms with E-state index in [0.717, 1.165) is 12.3 Å². The van der Waals surface area contributed by atoms with Crippen LogP contribution in [0.2, 0.25) is 0 Å². The van der Waals surface area contributed by atoms with Gasteiger partial charge in [0.1, 0.15) is 0 Å². The van der Waals surface area contributed by atoms with Crippen molar-refractivity contribution in [1.82, 2.24) is 4.98 Å². The van der Waals surface area contributed by atoms with Crippen LogP contribution in [0.4, 0.5) is 0 Å². The summed E-state index contributed by atoms with van der Waals surface area (Å²) >= 11 is 1.66. The molecule has 72 valence electrons. The topological polar surface area (TPSA) is 38.9 Å². The van der Waals surface area contributed by atoms with Crippen LogP contribution in [-0.4, -0.2) is 11.0 Å². The Morgan fingerprint density at radius 3 is 2.92 bits per heavy atom. The van der Waals surface area contributed by atoms with Gasteiger partial charge in [0.2, 0.25) is 0 Å². The number of nitrogens with two attached hydrogens (primary N) is 1. The lowest BCUT2D eigenvalue weighted by Gasteiger charge is -2.17. The maximum atomic E-state index is 6.13. The summed E-state index contributed by atoms with van der Waals surface area (Å²) in [6, 6.07) is 0.338. The van der Waals surface area contributed by atoms with Gasteiger partial charge in [0.05, 0.1) is 11.2 Å². The minimum absolute atomic E-state index is 0.338. The van der Waals surface area contributed by atoms with E-state index in [1.54, 1.807) is 11.3 Å². The highest BCUT2D eigenvalue weighted by Crippen LogP contribution is 2.28. The number of hydrogen-bond acceptors (Lipinski definition) is 3. The quantitative estimate of drug-likeness (QED) is 0.805. The van der Waals surface area contributed by atoms with Crippen molar-refractivity contribution in [3.63, 3.8) is 0 Å². The monoisotopic (exact) mass is 196 g/mol. The maximum absolute atomic E-state index is 6.13. The van der Waals surface area contributed by atoms with E-state index >= 15 is 0 Å². The Morgan fingerprint density at radius 2 is 2.31 bits per heavy atom. The van der Waals surface area contributed by atoms with Crippen LogP contribution in [0.15, 0.2) is 10.9 Å². The van der Waals surface area contributed by atoms with Gasteiger partial charge in [0, 0.05) is 17.8 Å². The van der Waals surface area contributed by atoms with Gasteiger partial charge in [-0.25, -0.2) is 4.98 Å². The molecule has 1 aromatic heterocycles. The standard InChI is InChI=1S/C10H16N2S/c11-10(8-3-1-2-4-8)5-9-6-13-7-12-9/h6-8,10H,1-5,11H2. The highest BCUT2D eigenvalue weighted by Gasteiger charge is 2.22. The third kappa shape index (κ3) is 2.29. The number of thiazole rings is 1. The molecule has 2 nitrogen and oxygen atoms in total. The first-order valence-electron chi connectivity index (χ1n) is 4.99. The van der Waals surface area contributed by atoms with Crippen molar-refractivity contribution in [1.29, 1.82) is 0 Å². The molecule has 0 spiro atoms. The molecule has 0 bridgehead atoms. The van der Waals surface area contributed by atoms with Crippen LogP contribution in [0.25, 0.3) is 0 Å². The normalized spacial score (nSPS) is 20.7. The molecule has 1 unspecified atom stereocenters. The zero-order valence-corrected chi connectivity index (χ0v) is 8.59. The lowest BCUT2D eigenvalue weighted by molar-refractivity contribution is 0.427. The van der Waals surface area contributed by atoms with E-state index < -0.39 is 0 Å². The van der Waals surface area contributed by atoms with E-state index in [9.17, 15) is 0 Å². The molecule has 2 rings (SSSR count). The summed E-state index contributed by atoms with van der Waals surface area (Å²) in [6.45, 7) is 0. The van der Waals surface area contributed by atoms with Crippen molar-refractivity contribution in [2.45, 2.75) is 38.1 Å². The van der Waals surface area contributed by atoms with Crippen molar-refractivity contribution < 1.29 is 0 Å². The average Bonchev–Trinajstić information content (AvgIpc) is 2.74. The highest BCUT2D eigenvalue weighted by atomic mass is 32.1. The number of hydrogen-bond donors (Lipinski definition) is 1. The molecule has 1 atom stereocenters. The summed E-state index contributed by atoms with van der Waals surface area (Å²) in [5, 5.41) is 2.11. The third-order valence-electron chi connectivity index (χ3n) is 2.93. The summed E-state index contributed by atoms with van der Waals surface area (Å²) in [6.07, 6.45) is 6.36. The summed E-state index contributed by atoms with van der Waals surface area (Å²) in [5.74, 6) is 0.752.